The Kier molecular flexibility index (Phi) is 7.13. The van der Waals surface area contributed by atoms with Crippen LogP contribution in [0, 0.1) is 0 Å². The van der Waals surface area contributed by atoms with Gasteiger partial charge < -0.3 is 16.0 Å². The van der Waals surface area contributed by atoms with E-state index in [0.29, 0.717) is 12.4 Å². The van der Waals surface area contributed by atoms with Gasteiger partial charge in [0.05, 0.1) is 29.0 Å². The van der Waals surface area contributed by atoms with E-state index in [1.807, 2.05) is 48.0 Å². The zero-order valence-corrected chi connectivity index (χ0v) is 20.1. The number of nitrogens with one attached hydrogen (secondary N) is 2. The van der Waals surface area contributed by atoms with Crippen molar-refractivity contribution in [3.8, 4) is 11.3 Å². The molecule has 0 amide bonds. The molecule has 0 unspecified atom stereocenters. The number of nitrogens with two attached hydrogens (primary N) is 1. The maximum atomic E-state index is 6.10. The summed E-state index contributed by atoms with van der Waals surface area (Å²) >= 11 is 1.58. The number of H-pyrrole nitrogens is 1. The highest BCUT2D eigenvalue weighted by Gasteiger charge is 2.14. The van der Waals surface area contributed by atoms with Crippen molar-refractivity contribution < 1.29 is 0 Å². The largest absolute Gasteiger partial charge is 0.383 e. The molecular formula is C29H27N5S. The van der Waals surface area contributed by atoms with Crippen molar-refractivity contribution in [3.05, 3.63) is 130 Å². The molecule has 2 aromatic heterocycles. The van der Waals surface area contributed by atoms with E-state index in [2.05, 4.69) is 80.9 Å². The maximum absolute atomic E-state index is 6.10. The first kappa shape index (κ1) is 22.8. The molecule has 0 fully saturated rings. The van der Waals surface area contributed by atoms with Crippen LogP contribution in [-0.4, -0.2) is 22.3 Å². The van der Waals surface area contributed by atoms with E-state index < -0.39 is 0 Å². The van der Waals surface area contributed by atoms with Gasteiger partial charge in [0.1, 0.15) is 11.7 Å². The summed E-state index contributed by atoms with van der Waals surface area (Å²) in [6.45, 7) is 1.48. The molecule has 0 aliphatic carbocycles. The van der Waals surface area contributed by atoms with Crippen molar-refractivity contribution in [2.75, 3.05) is 6.54 Å². The Hall–Kier alpha value is -4.00. The number of aliphatic imine (C=N–C) groups is 1. The molecule has 0 radical (unpaired) electrons. The van der Waals surface area contributed by atoms with Crippen LogP contribution in [0.25, 0.3) is 11.3 Å². The third kappa shape index (κ3) is 5.74. The highest BCUT2D eigenvalue weighted by Crippen LogP contribution is 2.24. The molecule has 0 atom stereocenters. The van der Waals surface area contributed by atoms with Crippen molar-refractivity contribution >= 4 is 22.9 Å². The standard InChI is InChI=1S/C29H27N5S/c30-29(27-12-7-17-35-27)33-24-15-13-23(14-16-24)26-19-32-28(34-26)20-31-18-25(21-8-3-1-4-9-21)22-10-5-2-6-11-22/h1-17,19,25,31H,18,20H2,(H2,30,33)(H,32,34). The molecule has 4 N–H and O–H groups in total. The lowest BCUT2D eigenvalue weighted by atomic mass is 9.91. The zero-order valence-electron chi connectivity index (χ0n) is 19.3. The molecule has 5 nitrogen and oxygen atoms in total. The second-order valence-corrected chi connectivity index (χ2v) is 9.22. The Labute approximate surface area is 209 Å². The summed E-state index contributed by atoms with van der Waals surface area (Å²) in [6, 6.07) is 33.2. The van der Waals surface area contributed by atoms with Gasteiger partial charge in [-0.15, -0.1) is 11.3 Å². The normalized spacial score (nSPS) is 11.7. The minimum Gasteiger partial charge on any atom is -0.383 e. The Bertz CT molecular complexity index is 1320. The molecular weight excluding hydrogens is 450 g/mol. The van der Waals surface area contributed by atoms with Gasteiger partial charge >= 0.3 is 0 Å². The first-order chi connectivity index (χ1) is 17.3. The Balaban J connectivity index is 1.22. The molecule has 6 heteroatoms. The minimum atomic E-state index is 0.279. The van der Waals surface area contributed by atoms with Crippen LogP contribution in [0.1, 0.15) is 27.7 Å². The average Bonchev–Trinajstić information content (AvgIpc) is 3.61. The molecule has 0 bridgehead atoms. The van der Waals surface area contributed by atoms with Gasteiger partial charge in [0.15, 0.2) is 0 Å². The number of aromatic nitrogens is 2. The Morgan fingerprint density at radius 3 is 2.20 bits per heavy atom. The number of rotatable bonds is 9. The molecule has 3 aromatic carbocycles. The van der Waals surface area contributed by atoms with E-state index in [-0.39, 0.29) is 5.92 Å². The molecule has 0 saturated carbocycles. The molecule has 0 aliphatic rings. The fraction of sp³-hybridized carbons (Fsp3) is 0.103. The van der Waals surface area contributed by atoms with Crippen molar-refractivity contribution in [2.24, 2.45) is 10.7 Å². The van der Waals surface area contributed by atoms with E-state index in [0.717, 1.165) is 34.2 Å². The van der Waals surface area contributed by atoms with E-state index in [4.69, 9.17) is 5.73 Å². The SMILES string of the molecule is NC(=Nc1ccc(-c2cnc(CNCC(c3ccccc3)c3ccccc3)[nH]2)cc1)c1cccs1. The monoisotopic (exact) mass is 477 g/mol. The van der Waals surface area contributed by atoms with Crippen molar-refractivity contribution in [3.63, 3.8) is 0 Å². The van der Waals surface area contributed by atoms with Gasteiger partial charge in [-0.05, 0) is 40.3 Å². The van der Waals surface area contributed by atoms with E-state index in [1.54, 1.807) is 11.3 Å². The molecule has 5 aromatic rings. The molecule has 5 rings (SSSR count). The van der Waals surface area contributed by atoms with Gasteiger partial charge in [-0.1, -0.05) is 78.9 Å². The van der Waals surface area contributed by atoms with E-state index >= 15 is 0 Å². The molecule has 2 heterocycles. The second-order valence-electron chi connectivity index (χ2n) is 8.27. The van der Waals surface area contributed by atoms with Crippen LogP contribution in [0.3, 0.4) is 0 Å². The van der Waals surface area contributed by atoms with Crippen LogP contribution in [0.5, 0.6) is 0 Å². The highest BCUT2D eigenvalue weighted by atomic mass is 32.1. The molecule has 0 aliphatic heterocycles. The number of amidine groups is 1. The van der Waals surface area contributed by atoms with Gasteiger partial charge in [-0.25, -0.2) is 9.98 Å². The minimum absolute atomic E-state index is 0.279. The quantitative estimate of drug-likeness (QED) is 0.177. The summed E-state index contributed by atoms with van der Waals surface area (Å²) in [7, 11) is 0. The van der Waals surface area contributed by atoms with Crippen LogP contribution in [0.4, 0.5) is 5.69 Å². The highest BCUT2D eigenvalue weighted by molar-refractivity contribution is 7.12. The number of thiophene rings is 1. The molecule has 0 spiro atoms. The first-order valence-electron chi connectivity index (χ1n) is 11.6. The lowest BCUT2D eigenvalue weighted by Crippen LogP contribution is -2.22. The van der Waals surface area contributed by atoms with Gasteiger partial charge in [-0.3, -0.25) is 0 Å². The van der Waals surface area contributed by atoms with Gasteiger partial charge in [0, 0.05) is 12.5 Å². The maximum Gasteiger partial charge on any atom is 0.141 e. The fourth-order valence-corrected chi connectivity index (χ4v) is 4.69. The van der Waals surface area contributed by atoms with Gasteiger partial charge in [0.2, 0.25) is 0 Å². The summed E-state index contributed by atoms with van der Waals surface area (Å²) < 4.78 is 0. The lowest BCUT2D eigenvalue weighted by molar-refractivity contribution is 0.621. The number of hydrogen-bond donors (Lipinski definition) is 3. The van der Waals surface area contributed by atoms with Crippen molar-refractivity contribution in [2.45, 2.75) is 12.5 Å². The van der Waals surface area contributed by atoms with E-state index in [9.17, 15) is 0 Å². The first-order valence-corrected chi connectivity index (χ1v) is 12.5. The molecule has 35 heavy (non-hydrogen) atoms. The summed E-state index contributed by atoms with van der Waals surface area (Å²) in [4.78, 5) is 13.5. The second kappa shape index (κ2) is 11.0. The third-order valence-corrected chi connectivity index (χ3v) is 6.77. The molecule has 174 valence electrons. The van der Waals surface area contributed by atoms with Crippen molar-refractivity contribution in [1.82, 2.24) is 15.3 Å². The summed E-state index contributed by atoms with van der Waals surface area (Å²) in [6.07, 6.45) is 1.88. The predicted molar refractivity (Wildman–Crippen MR) is 145 cm³/mol. The van der Waals surface area contributed by atoms with Crippen LogP contribution in [0.15, 0.2) is 114 Å². The van der Waals surface area contributed by atoms with Crippen LogP contribution >= 0.6 is 11.3 Å². The summed E-state index contributed by atoms with van der Waals surface area (Å²) in [5.74, 6) is 1.72. The average molecular weight is 478 g/mol. The van der Waals surface area contributed by atoms with Gasteiger partial charge in [0.25, 0.3) is 0 Å². The van der Waals surface area contributed by atoms with Crippen LogP contribution in [0.2, 0.25) is 0 Å². The number of aromatic amines is 1. The Morgan fingerprint density at radius 1 is 0.886 bits per heavy atom. The zero-order chi connectivity index (χ0) is 23.9. The number of imidazole rings is 1. The topological polar surface area (TPSA) is 79.1 Å². The van der Waals surface area contributed by atoms with E-state index in [1.165, 1.54) is 11.1 Å². The fourth-order valence-electron chi connectivity index (χ4n) is 4.07. The smallest absolute Gasteiger partial charge is 0.141 e. The predicted octanol–water partition coefficient (Wildman–Crippen LogP) is 6.10. The van der Waals surface area contributed by atoms with Gasteiger partial charge in [-0.2, -0.15) is 0 Å². The third-order valence-electron chi connectivity index (χ3n) is 5.87. The Morgan fingerprint density at radius 2 is 1.57 bits per heavy atom. The van der Waals surface area contributed by atoms with Crippen LogP contribution < -0.4 is 11.1 Å². The molecule has 0 saturated heterocycles. The van der Waals surface area contributed by atoms with Crippen molar-refractivity contribution in [1.29, 1.82) is 0 Å². The van der Waals surface area contributed by atoms with Crippen LogP contribution in [-0.2, 0) is 6.54 Å². The lowest BCUT2D eigenvalue weighted by Gasteiger charge is -2.18. The number of hydrogen-bond acceptors (Lipinski definition) is 4. The summed E-state index contributed by atoms with van der Waals surface area (Å²) in [5, 5.41) is 5.58. The number of benzene rings is 3. The number of nitrogens with zero attached hydrogens (tertiary/aromatic N) is 2. The summed E-state index contributed by atoms with van der Waals surface area (Å²) in [5.41, 5.74) is 11.6.